The van der Waals surface area contributed by atoms with Crippen molar-refractivity contribution in [3.05, 3.63) is 57.6 Å². The summed E-state index contributed by atoms with van der Waals surface area (Å²) in [6, 6.07) is 12.0. The summed E-state index contributed by atoms with van der Waals surface area (Å²) in [5.41, 5.74) is 3.55. The molecule has 1 nitrogen and oxygen atoms in total. The van der Waals surface area contributed by atoms with Crippen LogP contribution < -0.4 is 0 Å². The molecule has 0 bridgehead atoms. The number of fused-ring (bicyclic) bond motifs is 1. The van der Waals surface area contributed by atoms with E-state index in [4.69, 9.17) is 23.2 Å². The summed E-state index contributed by atoms with van der Waals surface area (Å²) in [6.07, 6.45) is 2.15. The summed E-state index contributed by atoms with van der Waals surface area (Å²) < 4.78 is 2.16. The quantitative estimate of drug-likeness (QED) is 0.660. The van der Waals surface area contributed by atoms with Gasteiger partial charge < -0.3 is 0 Å². The van der Waals surface area contributed by atoms with E-state index >= 15 is 0 Å². The minimum atomic E-state index is 0.662. The summed E-state index contributed by atoms with van der Waals surface area (Å²) in [7, 11) is 0. The van der Waals surface area contributed by atoms with Crippen LogP contribution in [0.1, 0.15) is 11.1 Å². The first-order valence-corrected chi connectivity index (χ1v) is 7.68. The highest BCUT2D eigenvalue weighted by Crippen LogP contribution is 2.34. The largest absolute Gasteiger partial charge is 0.224 e. The second-order valence-electron chi connectivity index (χ2n) is 4.46. The van der Waals surface area contributed by atoms with Crippen molar-refractivity contribution in [1.82, 2.24) is 0 Å². The molecule has 0 aliphatic carbocycles. The lowest BCUT2D eigenvalue weighted by atomic mass is 10.1. The van der Waals surface area contributed by atoms with Crippen molar-refractivity contribution in [1.29, 1.82) is 0 Å². The van der Waals surface area contributed by atoms with Crippen LogP contribution in [0.5, 0.6) is 0 Å². The molecule has 96 valence electrons. The van der Waals surface area contributed by atoms with E-state index in [2.05, 4.69) is 35.9 Å². The van der Waals surface area contributed by atoms with Crippen LogP contribution in [0.3, 0.4) is 0 Å². The molecule has 1 heterocycles. The predicted octanol–water partition coefficient (Wildman–Crippen LogP) is 5.13. The van der Waals surface area contributed by atoms with E-state index < -0.39 is 0 Å². The van der Waals surface area contributed by atoms with Gasteiger partial charge in [-0.25, -0.2) is 0 Å². The molecule has 0 radical (unpaired) electrons. The molecule has 1 aliphatic rings. The van der Waals surface area contributed by atoms with Gasteiger partial charge in [0.1, 0.15) is 5.02 Å². The third-order valence-electron chi connectivity index (χ3n) is 3.10. The zero-order valence-corrected chi connectivity index (χ0v) is 12.7. The first-order valence-electron chi connectivity index (χ1n) is 5.94. The molecule has 4 heteroatoms. The number of halogens is 2. The molecule has 0 amide bonds. The third kappa shape index (κ3) is 2.53. The Labute approximate surface area is 126 Å². The normalized spacial score (nSPS) is 13.9. The summed E-state index contributed by atoms with van der Waals surface area (Å²) in [5.74, 6) is 0.860. The van der Waals surface area contributed by atoms with Crippen LogP contribution in [0.15, 0.2) is 41.3 Å². The lowest BCUT2D eigenvalue weighted by Crippen LogP contribution is -2.13. The van der Waals surface area contributed by atoms with Gasteiger partial charge in [-0.1, -0.05) is 47.1 Å². The molecule has 2 aromatic carbocycles. The van der Waals surface area contributed by atoms with Crippen LogP contribution in [0.2, 0.25) is 10.0 Å². The van der Waals surface area contributed by atoms with Crippen molar-refractivity contribution >= 4 is 46.9 Å². The average molecular weight is 309 g/mol. The molecule has 0 atom stereocenters. The van der Waals surface area contributed by atoms with Gasteiger partial charge in [-0.2, -0.15) is 4.58 Å². The van der Waals surface area contributed by atoms with Gasteiger partial charge in [-0.05, 0) is 30.7 Å². The summed E-state index contributed by atoms with van der Waals surface area (Å²) in [6.45, 7) is 2.14. The van der Waals surface area contributed by atoms with Crippen molar-refractivity contribution in [2.75, 3.05) is 5.88 Å². The van der Waals surface area contributed by atoms with Gasteiger partial charge in [0.05, 0.1) is 5.56 Å². The van der Waals surface area contributed by atoms with E-state index in [0.29, 0.717) is 10.0 Å². The van der Waals surface area contributed by atoms with Gasteiger partial charge >= 0.3 is 0 Å². The Morgan fingerprint density at radius 3 is 2.79 bits per heavy atom. The van der Waals surface area contributed by atoms with Gasteiger partial charge in [0.25, 0.3) is 0 Å². The van der Waals surface area contributed by atoms with E-state index in [1.165, 1.54) is 16.0 Å². The van der Waals surface area contributed by atoms with Gasteiger partial charge in [0.15, 0.2) is 12.1 Å². The van der Waals surface area contributed by atoms with Crippen LogP contribution in [0.4, 0.5) is 5.69 Å². The number of aryl methyl sites for hydroxylation is 1. The fourth-order valence-corrected chi connectivity index (χ4v) is 3.75. The van der Waals surface area contributed by atoms with Crippen LogP contribution in [0, 0.1) is 6.92 Å². The average Bonchev–Trinajstić information content (AvgIpc) is 2.38. The second-order valence-corrected chi connectivity index (χ2v) is 6.26. The van der Waals surface area contributed by atoms with E-state index in [-0.39, 0.29) is 0 Å². The fraction of sp³-hybridized carbons (Fsp3) is 0.133. The lowest BCUT2D eigenvalue weighted by molar-refractivity contribution is -0.411. The van der Waals surface area contributed by atoms with Crippen LogP contribution in [-0.4, -0.2) is 16.7 Å². The molecule has 19 heavy (non-hydrogen) atoms. The van der Waals surface area contributed by atoms with Crippen LogP contribution in [-0.2, 0) is 0 Å². The van der Waals surface area contributed by atoms with E-state index in [9.17, 15) is 0 Å². The molecule has 1 aliphatic heterocycles. The molecule has 0 aromatic heterocycles. The number of rotatable bonds is 1. The highest BCUT2D eigenvalue weighted by atomic mass is 35.5. The molecular formula is C15H12Cl2NS+. The van der Waals surface area contributed by atoms with E-state index in [0.717, 1.165) is 11.6 Å². The number of hydrogen-bond donors (Lipinski definition) is 0. The van der Waals surface area contributed by atoms with Crippen molar-refractivity contribution in [2.24, 2.45) is 0 Å². The molecule has 0 saturated heterocycles. The lowest BCUT2D eigenvalue weighted by Gasteiger charge is -2.14. The zero-order valence-electron chi connectivity index (χ0n) is 10.4. The first kappa shape index (κ1) is 13.0. The summed E-state index contributed by atoms with van der Waals surface area (Å²) in [5, 5.41) is 1.34. The SMILES string of the molecule is Cc1cccc2c1SC[N+](c1ccc(Cl)cc1Cl)=C2. The molecule has 0 fully saturated rings. The highest BCUT2D eigenvalue weighted by Gasteiger charge is 2.21. The predicted molar refractivity (Wildman–Crippen MR) is 83.5 cm³/mol. The highest BCUT2D eigenvalue weighted by molar-refractivity contribution is 7.99. The summed E-state index contributed by atoms with van der Waals surface area (Å²) in [4.78, 5) is 1.35. The third-order valence-corrected chi connectivity index (χ3v) is 4.90. The topological polar surface area (TPSA) is 3.01 Å². The molecule has 0 spiro atoms. The minimum absolute atomic E-state index is 0.662. The number of benzene rings is 2. The molecule has 0 unspecified atom stereocenters. The maximum Gasteiger partial charge on any atom is 0.224 e. The van der Waals surface area contributed by atoms with Gasteiger partial charge in [-0.3, -0.25) is 0 Å². The van der Waals surface area contributed by atoms with Crippen molar-refractivity contribution in [3.8, 4) is 0 Å². The molecule has 0 saturated carbocycles. The van der Waals surface area contributed by atoms with Crippen LogP contribution >= 0.6 is 35.0 Å². The van der Waals surface area contributed by atoms with Gasteiger partial charge in [-0.15, -0.1) is 0 Å². The molecule has 3 rings (SSSR count). The number of thioether (sulfide) groups is 1. The Morgan fingerprint density at radius 1 is 1.16 bits per heavy atom. The van der Waals surface area contributed by atoms with E-state index in [1.54, 1.807) is 6.07 Å². The standard InChI is InChI=1S/C15H12Cl2NS/c1-10-3-2-4-11-8-18(9-19-15(10)11)14-6-5-12(16)7-13(14)17/h2-8H,9H2,1H3/q+1. The minimum Gasteiger partial charge on any atom is -0.187 e. The monoisotopic (exact) mass is 308 g/mol. The van der Waals surface area contributed by atoms with Gasteiger partial charge in [0, 0.05) is 16.0 Å². The van der Waals surface area contributed by atoms with Crippen molar-refractivity contribution in [2.45, 2.75) is 11.8 Å². The zero-order chi connectivity index (χ0) is 13.4. The van der Waals surface area contributed by atoms with Gasteiger partial charge in [0.2, 0.25) is 5.69 Å². The Morgan fingerprint density at radius 2 is 2.00 bits per heavy atom. The first-order chi connectivity index (χ1) is 9.15. The second kappa shape index (κ2) is 5.20. The Bertz CT molecular complexity index is 680. The fourth-order valence-electron chi connectivity index (χ4n) is 2.17. The maximum atomic E-state index is 6.27. The molecule has 2 aromatic rings. The van der Waals surface area contributed by atoms with Crippen LogP contribution in [0.25, 0.3) is 0 Å². The Kier molecular flexibility index (Phi) is 3.57. The summed E-state index contributed by atoms with van der Waals surface area (Å²) >= 11 is 14.0. The molecule has 0 N–H and O–H groups in total. The number of hydrogen-bond acceptors (Lipinski definition) is 1. The number of nitrogens with zero attached hydrogens (tertiary/aromatic N) is 1. The maximum absolute atomic E-state index is 6.27. The Balaban J connectivity index is 2.08. The molecular weight excluding hydrogens is 297 g/mol. The Hall–Kier alpha value is -0.960. The van der Waals surface area contributed by atoms with Crippen molar-refractivity contribution < 1.29 is 4.58 Å². The smallest absolute Gasteiger partial charge is 0.187 e. The van der Waals surface area contributed by atoms with E-state index in [1.807, 2.05) is 23.9 Å². The van der Waals surface area contributed by atoms with Crippen molar-refractivity contribution in [3.63, 3.8) is 0 Å².